The highest BCUT2D eigenvalue weighted by atomic mass is 14.9. The van der Waals surface area contributed by atoms with Crippen molar-refractivity contribution in [1.82, 2.24) is 9.97 Å². The van der Waals surface area contributed by atoms with Crippen molar-refractivity contribution in [1.29, 1.82) is 0 Å². The van der Waals surface area contributed by atoms with Gasteiger partial charge in [0.25, 0.3) is 0 Å². The van der Waals surface area contributed by atoms with E-state index < -0.39 is 0 Å². The molecule has 0 aliphatic heterocycles. The predicted octanol–water partition coefficient (Wildman–Crippen LogP) is 3.08. The van der Waals surface area contributed by atoms with Gasteiger partial charge in [0.05, 0.1) is 5.41 Å². The molecule has 3 nitrogen and oxygen atoms in total. The smallest absolute Gasteiger partial charge is 0.139 e. The highest BCUT2D eigenvalue weighted by molar-refractivity contribution is 5.33. The number of nitrogens with two attached hydrogens (primary N) is 1. The number of aromatic nitrogens is 2. The lowest BCUT2D eigenvalue weighted by molar-refractivity contribution is 0.447. The van der Waals surface area contributed by atoms with E-state index in [1.54, 1.807) is 0 Å². The maximum atomic E-state index is 5.64. The molecule has 0 aliphatic rings. The maximum Gasteiger partial charge on any atom is 0.139 e. The van der Waals surface area contributed by atoms with Crippen molar-refractivity contribution < 1.29 is 0 Å². The predicted molar refractivity (Wildman–Crippen MR) is 82.6 cm³/mol. The first-order chi connectivity index (χ1) is 9.76. The van der Waals surface area contributed by atoms with Crippen LogP contribution >= 0.6 is 0 Å². The molecule has 3 heteroatoms. The van der Waals surface area contributed by atoms with Gasteiger partial charge in [-0.1, -0.05) is 44.2 Å². The largest absolute Gasteiger partial charge is 0.330 e. The summed E-state index contributed by atoms with van der Waals surface area (Å²) >= 11 is 0. The Balaban J connectivity index is 2.50. The molecule has 0 fully saturated rings. The Labute approximate surface area is 121 Å². The van der Waals surface area contributed by atoms with Crippen LogP contribution < -0.4 is 5.73 Å². The monoisotopic (exact) mass is 269 g/mol. The standard InChI is InChI=1S/C17H23N3/c1-3-17(4-2,14-8-6-5-7-9-14)16-19-13-11-15(20-16)10-12-18/h5-9,11,13H,3-4,10,12,18H2,1-2H3. The summed E-state index contributed by atoms with van der Waals surface area (Å²) in [4.78, 5) is 9.32. The zero-order chi connectivity index (χ0) is 14.4. The van der Waals surface area contributed by atoms with E-state index in [1.807, 2.05) is 18.3 Å². The first-order valence-electron chi connectivity index (χ1n) is 7.34. The summed E-state index contributed by atoms with van der Waals surface area (Å²) in [5, 5.41) is 0. The van der Waals surface area contributed by atoms with Crippen LogP contribution in [0.4, 0.5) is 0 Å². The SMILES string of the molecule is CCC(CC)(c1ccccc1)c1nccc(CCN)n1. The summed E-state index contributed by atoms with van der Waals surface area (Å²) in [7, 11) is 0. The van der Waals surface area contributed by atoms with Gasteiger partial charge in [-0.2, -0.15) is 0 Å². The lowest BCUT2D eigenvalue weighted by Gasteiger charge is -2.31. The summed E-state index contributed by atoms with van der Waals surface area (Å²) in [6.07, 6.45) is 4.63. The molecule has 0 amide bonds. The van der Waals surface area contributed by atoms with Crippen molar-refractivity contribution >= 4 is 0 Å². The molecule has 0 bridgehead atoms. The van der Waals surface area contributed by atoms with Gasteiger partial charge in [0, 0.05) is 18.3 Å². The average Bonchev–Trinajstić information content (AvgIpc) is 2.51. The van der Waals surface area contributed by atoms with E-state index in [2.05, 4.69) is 43.1 Å². The average molecular weight is 269 g/mol. The minimum Gasteiger partial charge on any atom is -0.330 e. The molecule has 0 saturated heterocycles. The van der Waals surface area contributed by atoms with E-state index >= 15 is 0 Å². The minimum atomic E-state index is -0.105. The Bertz CT molecular complexity index is 533. The fourth-order valence-electron chi connectivity index (χ4n) is 2.77. The number of nitrogens with zero attached hydrogens (tertiary/aromatic N) is 2. The molecule has 2 rings (SSSR count). The van der Waals surface area contributed by atoms with Crippen LogP contribution in [0, 0.1) is 0 Å². The normalized spacial score (nSPS) is 11.6. The van der Waals surface area contributed by atoms with Crippen LogP contribution in [0.3, 0.4) is 0 Å². The van der Waals surface area contributed by atoms with Crippen LogP contribution in [0.2, 0.25) is 0 Å². The number of hydrogen-bond acceptors (Lipinski definition) is 3. The van der Waals surface area contributed by atoms with Crippen LogP contribution in [0.15, 0.2) is 42.6 Å². The Morgan fingerprint density at radius 2 is 1.75 bits per heavy atom. The van der Waals surface area contributed by atoms with Crippen LogP contribution in [-0.2, 0) is 11.8 Å². The second-order valence-electron chi connectivity index (χ2n) is 5.07. The molecule has 20 heavy (non-hydrogen) atoms. The second-order valence-corrected chi connectivity index (χ2v) is 5.07. The second kappa shape index (κ2) is 6.62. The fraction of sp³-hybridized carbons (Fsp3) is 0.412. The summed E-state index contributed by atoms with van der Waals surface area (Å²) in [6.45, 7) is 5.03. The summed E-state index contributed by atoms with van der Waals surface area (Å²) in [6, 6.07) is 12.5. The number of rotatable bonds is 6. The van der Waals surface area contributed by atoms with Crippen LogP contribution in [0.1, 0.15) is 43.8 Å². The molecule has 0 atom stereocenters. The van der Waals surface area contributed by atoms with Gasteiger partial charge >= 0.3 is 0 Å². The lowest BCUT2D eigenvalue weighted by Crippen LogP contribution is -2.29. The molecule has 1 aromatic heterocycles. The first kappa shape index (κ1) is 14.7. The van der Waals surface area contributed by atoms with Crippen molar-refractivity contribution in [2.45, 2.75) is 38.5 Å². The zero-order valence-electron chi connectivity index (χ0n) is 12.3. The third kappa shape index (κ3) is 2.73. The molecule has 0 unspecified atom stereocenters. The van der Waals surface area contributed by atoms with Crippen molar-refractivity contribution in [3.8, 4) is 0 Å². The maximum absolute atomic E-state index is 5.64. The molecule has 106 valence electrons. The summed E-state index contributed by atoms with van der Waals surface area (Å²) < 4.78 is 0. The number of benzene rings is 1. The van der Waals surface area contributed by atoms with E-state index in [9.17, 15) is 0 Å². The minimum absolute atomic E-state index is 0.105. The van der Waals surface area contributed by atoms with Gasteiger partial charge in [0.1, 0.15) is 5.82 Å². The summed E-state index contributed by atoms with van der Waals surface area (Å²) in [5.74, 6) is 0.916. The number of hydrogen-bond donors (Lipinski definition) is 1. The summed E-state index contributed by atoms with van der Waals surface area (Å²) in [5.41, 5.74) is 7.84. The van der Waals surface area contributed by atoms with E-state index in [-0.39, 0.29) is 5.41 Å². The highest BCUT2D eigenvalue weighted by Gasteiger charge is 2.33. The Morgan fingerprint density at radius 3 is 2.35 bits per heavy atom. The van der Waals surface area contributed by atoms with E-state index in [4.69, 9.17) is 10.7 Å². The van der Waals surface area contributed by atoms with Gasteiger partial charge in [-0.25, -0.2) is 9.97 Å². The molecule has 1 aromatic carbocycles. The van der Waals surface area contributed by atoms with Crippen LogP contribution in [0.5, 0.6) is 0 Å². The van der Waals surface area contributed by atoms with Gasteiger partial charge in [-0.3, -0.25) is 0 Å². The van der Waals surface area contributed by atoms with Crippen LogP contribution in [0.25, 0.3) is 0 Å². The van der Waals surface area contributed by atoms with Crippen molar-refractivity contribution in [2.24, 2.45) is 5.73 Å². The molecule has 2 aromatic rings. The highest BCUT2D eigenvalue weighted by Crippen LogP contribution is 2.36. The lowest BCUT2D eigenvalue weighted by atomic mass is 9.75. The third-order valence-corrected chi connectivity index (χ3v) is 4.08. The molecular weight excluding hydrogens is 246 g/mol. The van der Waals surface area contributed by atoms with Gasteiger partial charge < -0.3 is 5.73 Å². The zero-order valence-corrected chi connectivity index (χ0v) is 12.3. The molecular formula is C17H23N3. The Morgan fingerprint density at radius 1 is 1.05 bits per heavy atom. The topological polar surface area (TPSA) is 51.8 Å². The van der Waals surface area contributed by atoms with Crippen molar-refractivity contribution in [3.63, 3.8) is 0 Å². The molecule has 2 N–H and O–H groups in total. The quantitative estimate of drug-likeness (QED) is 0.876. The molecule has 0 saturated carbocycles. The first-order valence-corrected chi connectivity index (χ1v) is 7.34. The Hall–Kier alpha value is -1.74. The molecule has 0 spiro atoms. The van der Waals surface area contributed by atoms with E-state index in [1.165, 1.54) is 5.56 Å². The van der Waals surface area contributed by atoms with Gasteiger partial charge in [0.15, 0.2) is 0 Å². The van der Waals surface area contributed by atoms with Crippen LogP contribution in [-0.4, -0.2) is 16.5 Å². The Kier molecular flexibility index (Phi) is 4.85. The third-order valence-electron chi connectivity index (χ3n) is 4.08. The van der Waals surface area contributed by atoms with Gasteiger partial charge in [0.2, 0.25) is 0 Å². The molecule has 0 aliphatic carbocycles. The fourth-order valence-corrected chi connectivity index (χ4v) is 2.77. The van der Waals surface area contributed by atoms with Gasteiger partial charge in [-0.05, 0) is 31.0 Å². The van der Waals surface area contributed by atoms with E-state index in [0.29, 0.717) is 6.54 Å². The molecule has 1 heterocycles. The van der Waals surface area contributed by atoms with Crippen molar-refractivity contribution in [3.05, 3.63) is 59.7 Å². The van der Waals surface area contributed by atoms with E-state index in [0.717, 1.165) is 30.8 Å². The molecule has 0 radical (unpaired) electrons. The van der Waals surface area contributed by atoms with Gasteiger partial charge in [-0.15, -0.1) is 0 Å². The van der Waals surface area contributed by atoms with Crippen molar-refractivity contribution in [2.75, 3.05) is 6.54 Å².